The third-order valence-electron chi connectivity index (χ3n) is 5.81. The Labute approximate surface area is 179 Å². The van der Waals surface area contributed by atoms with Crippen LogP contribution in [0.4, 0.5) is 0 Å². The minimum atomic E-state index is -0.901. The number of methoxy groups -OCH3 is 1. The largest absolute Gasteiger partial charge is 0.497 e. The van der Waals surface area contributed by atoms with Crippen molar-refractivity contribution in [2.24, 2.45) is 5.41 Å². The molecule has 0 saturated heterocycles. The van der Waals surface area contributed by atoms with Crippen LogP contribution >= 0.6 is 0 Å². The predicted molar refractivity (Wildman–Crippen MR) is 115 cm³/mol. The summed E-state index contributed by atoms with van der Waals surface area (Å²) in [6.07, 6.45) is -0.622. The molecule has 5 heteroatoms. The highest BCUT2D eigenvalue weighted by Gasteiger charge is 2.43. The standard InChI is InChI=1S/C25H32O5/c1-25(2)14-13-20(26)15-22(27)23(29-16-18-7-5-4-6-8-18)24(25)30-17-19-9-11-21(28-3)12-10-19/h4-12,22-24,27H,13-17H2,1-3H3/t22?,23-,24-/m0/s1. The third-order valence-corrected chi connectivity index (χ3v) is 5.81. The second-order valence-electron chi connectivity index (χ2n) is 8.64. The number of hydrogen-bond donors (Lipinski definition) is 1. The molecular weight excluding hydrogens is 380 g/mol. The first kappa shape index (κ1) is 22.5. The predicted octanol–water partition coefficient (Wildman–Crippen LogP) is 4.31. The summed E-state index contributed by atoms with van der Waals surface area (Å²) < 4.78 is 17.8. The molecule has 1 N–H and O–H groups in total. The smallest absolute Gasteiger partial charge is 0.135 e. The van der Waals surface area contributed by atoms with Crippen LogP contribution in [-0.4, -0.2) is 36.3 Å². The Morgan fingerprint density at radius 3 is 2.27 bits per heavy atom. The Bertz CT molecular complexity index is 800. The monoisotopic (exact) mass is 412 g/mol. The second kappa shape index (κ2) is 10.2. The number of aliphatic hydroxyl groups excluding tert-OH is 1. The molecule has 3 atom stereocenters. The maximum atomic E-state index is 12.2. The van der Waals surface area contributed by atoms with Gasteiger partial charge in [0.15, 0.2) is 0 Å². The molecule has 0 spiro atoms. The topological polar surface area (TPSA) is 65.0 Å². The fraction of sp³-hybridized carbons (Fsp3) is 0.480. The first-order valence-corrected chi connectivity index (χ1v) is 10.5. The summed E-state index contributed by atoms with van der Waals surface area (Å²) in [7, 11) is 1.64. The highest BCUT2D eigenvalue weighted by Crippen LogP contribution is 2.37. The lowest BCUT2D eigenvalue weighted by atomic mass is 9.75. The van der Waals surface area contributed by atoms with E-state index in [9.17, 15) is 9.90 Å². The Balaban J connectivity index is 1.78. The molecule has 0 radical (unpaired) electrons. The van der Waals surface area contributed by atoms with Gasteiger partial charge in [-0.1, -0.05) is 56.3 Å². The fourth-order valence-corrected chi connectivity index (χ4v) is 3.90. The van der Waals surface area contributed by atoms with E-state index in [1.54, 1.807) is 7.11 Å². The van der Waals surface area contributed by atoms with Gasteiger partial charge in [0.2, 0.25) is 0 Å². The first-order chi connectivity index (χ1) is 14.4. The van der Waals surface area contributed by atoms with Gasteiger partial charge in [-0.05, 0) is 35.1 Å². The van der Waals surface area contributed by atoms with Crippen LogP contribution in [0.5, 0.6) is 5.75 Å². The number of Topliss-reactive ketones (excluding diaryl/α,β-unsaturated/α-hetero) is 1. The number of aliphatic hydroxyl groups is 1. The minimum Gasteiger partial charge on any atom is -0.497 e. The van der Waals surface area contributed by atoms with Crippen molar-refractivity contribution in [1.29, 1.82) is 0 Å². The van der Waals surface area contributed by atoms with Gasteiger partial charge in [0, 0.05) is 12.8 Å². The van der Waals surface area contributed by atoms with Gasteiger partial charge in [0.25, 0.3) is 0 Å². The van der Waals surface area contributed by atoms with E-state index in [1.807, 2.05) is 54.6 Å². The van der Waals surface area contributed by atoms with Gasteiger partial charge >= 0.3 is 0 Å². The number of ether oxygens (including phenoxy) is 3. The van der Waals surface area contributed by atoms with Gasteiger partial charge in [-0.15, -0.1) is 0 Å². The second-order valence-corrected chi connectivity index (χ2v) is 8.64. The van der Waals surface area contributed by atoms with Crippen LogP contribution in [0.15, 0.2) is 54.6 Å². The van der Waals surface area contributed by atoms with E-state index in [0.717, 1.165) is 16.9 Å². The van der Waals surface area contributed by atoms with Gasteiger partial charge in [-0.2, -0.15) is 0 Å². The summed E-state index contributed by atoms with van der Waals surface area (Å²) in [6.45, 7) is 4.91. The van der Waals surface area contributed by atoms with E-state index in [0.29, 0.717) is 26.1 Å². The summed E-state index contributed by atoms with van der Waals surface area (Å²) >= 11 is 0. The molecule has 1 aliphatic rings. The van der Waals surface area contributed by atoms with Gasteiger partial charge in [0.1, 0.15) is 17.6 Å². The average Bonchev–Trinajstić information content (AvgIpc) is 2.75. The summed E-state index contributed by atoms with van der Waals surface area (Å²) in [5.74, 6) is 0.862. The van der Waals surface area contributed by atoms with Crippen molar-refractivity contribution in [1.82, 2.24) is 0 Å². The van der Waals surface area contributed by atoms with Crippen LogP contribution in [0.2, 0.25) is 0 Å². The Kier molecular flexibility index (Phi) is 7.64. The molecule has 5 nitrogen and oxygen atoms in total. The highest BCUT2D eigenvalue weighted by atomic mass is 16.5. The van der Waals surface area contributed by atoms with Crippen LogP contribution < -0.4 is 4.74 Å². The molecule has 1 fully saturated rings. The van der Waals surface area contributed by atoms with Crippen LogP contribution in [0.3, 0.4) is 0 Å². The van der Waals surface area contributed by atoms with Crippen LogP contribution in [0, 0.1) is 5.41 Å². The number of rotatable bonds is 7. The number of hydrogen-bond acceptors (Lipinski definition) is 5. The van der Waals surface area contributed by atoms with E-state index >= 15 is 0 Å². The van der Waals surface area contributed by atoms with E-state index in [-0.39, 0.29) is 23.7 Å². The summed E-state index contributed by atoms with van der Waals surface area (Å²) in [5.41, 5.74) is 1.70. The van der Waals surface area contributed by atoms with E-state index in [4.69, 9.17) is 14.2 Å². The number of carbonyl (C=O) groups excluding carboxylic acids is 1. The SMILES string of the molecule is COc1ccc(CO[C@H]2[C@@H](OCc3ccccc3)C(O)CC(=O)CCC2(C)C)cc1. The normalized spacial score (nSPS) is 24.1. The molecule has 1 saturated carbocycles. The van der Waals surface area contributed by atoms with Crippen molar-refractivity contribution >= 4 is 5.78 Å². The van der Waals surface area contributed by atoms with Gasteiger partial charge in [-0.25, -0.2) is 0 Å². The van der Waals surface area contributed by atoms with Crippen molar-refractivity contribution in [2.45, 2.75) is 64.6 Å². The maximum absolute atomic E-state index is 12.2. The molecule has 0 aromatic heterocycles. The molecule has 30 heavy (non-hydrogen) atoms. The molecule has 0 bridgehead atoms. The Morgan fingerprint density at radius 2 is 1.60 bits per heavy atom. The molecule has 162 valence electrons. The lowest BCUT2D eigenvalue weighted by Gasteiger charge is -2.42. The molecule has 0 amide bonds. The molecule has 0 aliphatic heterocycles. The molecule has 0 heterocycles. The van der Waals surface area contributed by atoms with Gasteiger partial charge < -0.3 is 19.3 Å². The summed E-state index contributed by atoms with van der Waals surface area (Å²) in [6, 6.07) is 17.6. The van der Waals surface area contributed by atoms with Gasteiger partial charge in [-0.3, -0.25) is 4.79 Å². The van der Waals surface area contributed by atoms with Crippen molar-refractivity contribution in [3.63, 3.8) is 0 Å². The zero-order valence-corrected chi connectivity index (χ0v) is 18.0. The zero-order chi connectivity index (χ0) is 21.6. The number of benzene rings is 2. The summed E-state index contributed by atoms with van der Waals surface area (Å²) in [4.78, 5) is 12.2. The number of ketones is 1. The maximum Gasteiger partial charge on any atom is 0.135 e. The van der Waals surface area contributed by atoms with E-state index < -0.39 is 12.2 Å². The van der Waals surface area contributed by atoms with E-state index in [1.165, 1.54) is 0 Å². The Hall–Kier alpha value is -2.21. The lowest BCUT2D eigenvalue weighted by molar-refractivity contribution is -0.177. The molecule has 2 aromatic carbocycles. The van der Waals surface area contributed by atoms with E-state index in [2.05, 4.69) is 13.8 Å². The fourth-order valence-electron chi connectivity index (χ4n) is 3.90. The van der Waals surface area contributed by atoms with Crippen molar-refractivity contribution in [3.05, 3.63) is 65.7 Å². The van der Waals surface area contributed by atoms with Crippen LogP contribution in [-0.2, 0) is 27.5 Å². The highest BCUT2D eigenvalue weighted by molar-refractivity contribution is 5.79. The van der Waals surface area contributed by atoms with Crippen molar-refractivity contribution < 1.29 is 24.1 Å². The minimum absolute atomic E-state index is 0.0671. The quantitative estimate of drug-likeness (QED) is 0.734. The van der Waals surface area contributed by atoms with Crippen LogP contribution in [0.25, 0.3) is 0 Å². The average molecular weight is 413 g/mol. The third kappa shape index (κ3) is 5.91. The Morgan fingerprint density at radius 1 is 0.967 bits per heavy atom. The molecular formula is C25H32O5. The van der Waals surface area contributed by atoms with Crippen molar-refractivity contribution in [2.75, 3.05) is 7.11 Å². The number of carbonyl (C=O) groups is 1. The molecule has 1 unspecified atom stereocenters. The molecule has 3 rings (SSSR count). The first-order valence-electron chi connectivity index (χ1n) is 10.5. The summed E-state index contributed by atoms with van der Waals surface area (Å²) in [5, 5.41) is 10.8. The molecule has 2 aromatic rings. The van der Waals surface area contributed by atoms with Gasteiger partial charge in [0.05, 0.1) is 32.5 Å². The van der Waals surface area contributed by atoms with Crippen LogP contribution in [0.1, 0.15) is 44.2 Å². The van der Waals surface area contributed by atoms with Crippen molar-refractivity contribution in [3.8, 4) is 5.75 Å². The molecule has 1 aliphatic carbocycles. The zero-order valence-electron chi connectivity index (χ0n) is 18.0. The lowest BCUT2D eigenvalue weighted by Crippen LogP contribution is -2.51.